The zero-order chi connectivity index (χ0) is 7.90. The van der Waals surface area contributed by atoms with Crippen LogP contribution in [0.25, 0.3) is 0 Å². The van der Waals surface area contributed by atoms with Crippen LogP contribution in [0.2, 0.25) is 0 Å². The highest BCUT2D eigenvalue weighted by Gasteiger charge is 2.48. The first-order valence-corrected chi connectivity index (χ1v) is 3.81. The summed E-state index contributed by atoms with van der Waals surface area (Å²) in [5.41, 5.74) is 0.655. The molecule has 2 aliphatic carbocycles. The van der Waals surface area contributed by atoms with Gasteiger partial charge in [0.05, 0.1) is 12.1 Å². The van der Waals surface area contributed by atoms with Crippen LogP contribution in [0.3, 0.4) is 0 Å². The quantitative estimate of drug-likeness (QED) is 0.486. The number of allylic oxidation sites excluding steroid dienone is 2. The Morgan fingerprint density at radius 3 is 2.45 bits per heavy atom. The molecule has 2 aliphatic rings. The highest BCUT2D eigenvalue weighted by molar-refractivity contribution is 5.33. The van der Waals surface area contributed by atoms with Gasteiger partial charge in [0, 0.05) is 6.42 Å². The Morgan fingerprint density at radius 1 is 1.45 bits per heavy atom. The van der Waals surface area contributed by atoms with Gasteiger partial charge in [0.1, 0.15) is 0 Å². The molecule has 2 rings (SSSR count). The first kappa shape index (κ1) is 6.43. The predicted molar refractivity (Wildman–Crippen MR) is 39.1 cm³/mol. The average molecular weight is 144 g/mol. The first-order valence-electron chi connectivity index (χ1n) is 3.81. The van der Waals surface area contributed by atoms with Crippen molar-refractivity contribution in [3.05, 3.63) is 11.6 Å². The minimum Gasteiger partial charge on any atom is -0.197 e. The third-order valence-electron chi connectivity index (χ3n) is 2.80. The third-order valence-corrected chi connectivity index (χ3v) is 2.80. The maximum atomic E-state index is 8.84. The lowest BCUT2D eigenvalue weighted by molar-refractivity contribution is 0.376. The Morgan fingerprint density at radius 2 is 2.18 bits per heavy atom. The molecule has 0 saturated heterocycles. The summed E-state index contributed by atoms with van der Waals surface area (Å²) in [5, 5.41) is 17.7. The molecular formula is C9H8N2. The summed E-state index contributed by atoms with van der Waals surface area (Å²) in [6.07, 6.45) is 4.81. The number of nitrogens with zero attached hydrogens (tertiary/aromatic N) is 2. The minimum absolute atomic E-state index is 0.299. The highest BCUT2D eigenvalue weighted by atomic mass is 14.5. The Balaban J connectivity index is 2.40. The van der Waals surface area contributed by atoms with E-state index in [1.54, 1.807) is 0 Å². The van der Waals surface area contributed by atoms with Crippen LogP contribution in [-0.2, 0) is 0 Å². The maximum Gasteiger partial charge on any atom is 0.150 e. The fraction of sp³-hybridized carbons (Fsp3) is 0.556. The molecule has 1 fully saturated rings. The fourth-order valence-electron chi connectivity index (χ4n) is 2.10. The summed E-state index contributed by atoms with van der Waals surface area (Å²) in [4.78, 5) is 0. The molecule has 0 aromatic heterocycles. The number of fused-ring (bicyclic) bond motifs is 2. The van der Waals surface area contributed by atoms with Gasteiger partial charge in [-0.25, -0.2) is 0 Å². The molecule has 11 heavy (non-hydrogen) atoms. The van der Waals surface area contributed by atoms with E-state index >= 15 is 0 Å². The van der Waals surface area contributed by atoms with E-state index in [-0.39, 0.29) is 0 Å². The number of hydrogen-bond acceptors (Lipinski definition) is 2. The fourth-order valence-corrected chi connectivity index (χ4v) is 2.10. The van der Waals surface area contributed by atoms with Crippen molar-refractivity contribution in [1.29, 1.82) is 10.5 Å². The van der Waals surface area contributed by atoms with Crippen molar-refractivity contribution in [2.24, 2.45) is 11.3 Å². The zero-order valence-corrected chi connectivity index (χ0v) is 6.17. The van der Waals surface area contributed by atoms with E-state index in [2.05, 4.69) is 18.2 Å². The Bertz CT molecular complexity index is 287. The number of hydrogen-bond donors (Lipinski definition) is 0. The normalized spacial score (nSPS) is 30.7. The van der Waals surface area contributed by atoms with Crippen LogP contribution >= 0.6 is 0 Å². The van der Waals surface area contributed by atoms with Gasteiger partial charge in [-0.15, -0.1) is 0 Å². The van der Waals surface area contributed by atoms with Crippen molar-refractivity contribution in [2.45, 2.75) is 19.3 Å². The Hall–Kier alpha value is -1.28. The largest absolute Gasteiger partial charge is 0.197 e. The molecule has 2 nitrogen and oxygen atoms in total. The van der Waals surface area contributed by atoms with Crippen molar-refractivity contribution in [2.75, 3.05) is 0 Å². The summed E-state index contributed by atoms with van der Waals surface area (Å²) in [6, 6.07) is 4.31. The Kier molecular flexibility index (Phi) is 1.09. The second-order valence-corrected chi connectivity index (χ2v) is 3.37. The van der Waals surface area contributed by atoms with Crippen LogP contribution in [0.5, 0.6) is 0 Å². The van der Waals surface area contributed by atoms with Gasteiger partial charge in [0.2, 0.25) is 0 Å². The molecule has 0 heterocycles. The first-order chi connectivity index (χ1) is 5.30. The lowest BCUT2D eigenvalue weighted by atomic mass is 9.78. The van der Waals surface area contributed by atoms with Crippen molar-refractivity contribution >= 4 is 0 Å². The van der Waals surface area contributed by atoms with E-state index < -0.39 is 5.41 Å². The summed E-state index contributed by atoms with van der Waals surface area (Å²) in [6.45, 7) is 0. The maximum absolute atomic E-state index is 8.84. The molecule has 0 amide bonds. The van der Waals surface area contributed by atoms with E-state index in [4.69, 9.17) is 10.5 Å². The molecule has 0 aromatic rings. The predicted octanol–water partition coefficient (Wildman–Crippen LogP) is 1.76. The topological polar surface area (TPSA) is 47.6 Å². The van der Waals surface area contributed by atoms with Crippen LogP contribution in [0.1, 0.15) is 19.3 Å². The molecule has 0 spiro atoms. The second kappa shape index (κ2) is 1.86. The zero-order valence-electron chi connectivity index (χ0n) is 6.17. The van der Waals surface area contributed by atoms with Gasteiger partial charge in [-0.3, -0.25) is 0 Å². The molecule has 0 aromatic carbocycles. The molecule has 2 bridgehead atoms. The van der Waals surface area contributed by atoms with Crippen molar-refractivity contribution < 1.29 is 0 Å². The SMILES string of the molecule is N#CC1(C#N)CC2=CCC1C2. The molecule has 0 aliphatic heterocycles. The molecular weight excluding hydrogens is 136 g/mol. The number of rotatable bonds is 0. The standard InChI is InChI=1S/C9H8N2/c10-5-9(6-11)4-7-1-2-8(9)3-7/h1,8H,2-4H2. The summed E-state index contributed by atoms with van der Waals surface area (Å²) >= 11 is 0. The summed E-state index contributed by atoms with van der Waals surface area (Å²) < 4.78 is 0. The van der Waals surface area contributed by atoms with E-state index in [9.17, 15) is 0 Å². The minimum atomic E-state index is -0.663. The highest BCUT2D eigenvalue weighted by Crippen LogP contribution is 2.51. The van der Waals surface area contributed by atoms with Gasteiger partial charge < -0.3 is 0 Å². The lowest BCUT2D eigenvalue weighted by Crippen LogP contribution is -2.21. The van der Waals surface area contributed by atoms with Gasteiger partial charge >= 0.3 is 0 Å². The monoisotopic (exact) mass is 144 g/mol. The van der Waals surface area contributed by atoms with Crippen LogP contribution in [0.15, 0.2) is 11.6 Å². The van der Waals surface area contributed by atoms with Crippen molar-refractivity contribution in [3.63, 3.8) is 0 Å². The Labute approximate surface area is 65.7 Å². The van der Waals surface area contributed by atoms with E-state index in [1.165, 1.54) is 5.57 Å². The van der Waals surface area contributed by atoms with Gasteiger partial charge in [0.15, 0.2) is 5.41 Å². The van der Waals surface area contributed by atoms with Gasteiger partial charge in [0.25, 0.3) is 0 Å². The molecule has 1 unspecified atom stereocenters. The smallest absolute Gasteiger partial charge is 0.150 e. The van der Waals surface area contributed by atoms with Crippen LogP contribution in [0, 0.1) is 34.0 Å². The van der Waals surface area contributed by atoms with E-state index in [0.717, 1.165) is 12.8 Å². The van der Waals surface area contributed by atoms with Crippen molar-refractivity contribution in [3.8, 4) is 12.1 Å². The second-order valence-electron chi connectivity index (χ2n) is 3.37. The van der Waals surface area contributed by atoms with Gasteiger partial charge in [-0.2, -0.15) is 10.5 Å². The molecule has 0 radical (unpaired) electrons. The molecule has 54 valence electrons. The van der Waals surface area contributed by atoms with Crippen LogP contribution in [0.4, 0.5) is 0 Å². The molecule has 1 saturated carbocycles. The molecule has 1 atom stereocenters. The third kappa shape index (κ3) is 0.644. The van der Waals surface area contributed by atoms with E-state index in [0.29, 0.717) is 12.3 Å². The van der Waals surface area contributed by atoms with Crippen LogP contribution < -0.4 is 0 Å². The van der Waals surface area contributed by atoms with Crippen molar-refractivity contribution in [1.82, 2.24) is 0 Å². The average Bonchev–Trinajstić information content (AvgIpc) is 2.62. The molecule has 2 heteroatoms. The lowest BCUT2D eigenvalue weighted by Gasteiger charge is -2.19. The van der Waals surface area contributed by atoms with E-state index in [1.807, 2.05) is 0 Å². The summed E-state index contributed by atoms with van der Waals surface area (Å²) in [5.74, 6) is 0.299. The van der Waals surface area contributed by atoms with Crippen LogP contribution in [-0.4, -0.2) is 0 Å². The van der Waals surface area contributed by atoms with Gasteiger partial charge in [-0.1, -0.05) is 11.6 Å². The van der Waals surface area contributed by atoms with Gasteiger partial charge in [-0.05, 0) is 18.8 Å². The number of nitriles is 2. The summed E-state index contributed by atoms with van der Waals surface area (Å²) in [7, 11) is 0. The molecule has 0 N–H and O–H groups in total.